The van der Waals surface area contributed by atoms with E-state index >= 15 is 0 Å². The first-order valence-corrected chi connectivity index (χ1v) is 8.78. The molecule has 0 spiro atoms. The van der Waals surface area contributed by atoms with Crippen molar-refractivity contribution in [3.63, 3.8) is 0 Å². The molecule has 0 heterocycles. The van der Waals surface area contributed by atoms with Crippen molar-refractivity contribution in [2.45, 2.75) is 31.7 Å². The molecule has 0 saturated heterocycles. The van der Waals surface area contributed by atoms with Crippen LogP contribution < -0.4 is 15.2 Å². The Labute approximate surface area is 141 Å². The van der Waals surface area contributed by atoms with E-state index in [4.69, 9.17) is 14.6 Å². The van der Waals surface area contributed by atoms with Gasteiger partial charge in [-0.1, -0.05) is 13.8 Å². The van der Waals surface area contributed by atoms with Crippen LogP contribution in [0.4, 0.5) is 0 Å². The summed E-state index contributed by atoms with van der Waals surface area (Å²) in [5.74, 6) is -0.990. The number of rotatable bonds is 7. The van der Waals surface area contributed by atoms with Crippen LogP contribution in [0.25, 0.3) is 0 Å². The summed E-state index contributed by atoms with van der Waals surface area (Å²) in [5, 5.41) is 7.72. The summed E-state index contributed by atoms with van der Waals surface area (Å²) in [6, 6.07) is 3.47. The van der Waals surface area contributed by atoms with Gasteiger partial charge in [0, 0.05) is 6.04 Å². The van der Waals surface area contributed by atoms with Gasteiger partial charge < -0.3 is 14.8 Å². The van der Waals surface area contributed by atoms with E-state index in [1.807, 2.05) is 20.8 Å². The Hall–Kier alpha value is -2.13. The van der Waals surface area contributed by atoms with E-state index in [9.17, 15) is 18.0 Å². The first kappa shape index (κ1) is 19.9. The maximum absolute atomic E-state index is 12.1. The largest absolute Gasteiger partial charge is 0.496 e. The third kappa shape index (κ3) is 5.50. The van der Waals surface area contributed by atoms with Gasteiger partial charge in [0.1, 0.15) is 11.3 Å². The van der Waals surface area contributed by atoms with Gasteiger partial charge in [-0.15, -0.1) is 0 Å². The highest BCUT2D eigenvalue weighted by atomic mass is 32.2. The van der Waals surface area contributed by atoms with E-state index in [1.54, 1.807) is 0 Å². The Morgan fingerprint density at radius 1 is 1.25 bits per heavy atom. The van der Waals surface area contributed by atoms with Crippen LogP contribution in [0.5, 0.6) is 5.75 Å². The standard InChI is InChI=1S/C15H22N2O6S/c1-9(2)10(3)17-14(18)8-23-15(19)12-7-11(24(16,20)21)5-6-13(12)22-4/h5-7,9-10H,8H2,1-4H3,(H,17,18)(H2,16,20,21)/t10-/m0/s1. The normalized spacial score (nSPS) is 12.6. The number of nitrogens with two attached hydrogens (primary N) is 1. The number of nitrogens with one attached hydrogen (secondary N) is 1. The number of benzene rings is 1. The van der Waals surface area contributed by atoms with Crippen LogP contribution in [0.2, 0.25) is 0 Å². The minimum Gasteiger partial charge on any atom is -0.496 e. The molecule has 0 unspecified atom stereocenters. The second kappa shape index (κ2) is 8.11. The molecule has 8 nitrogen and oxygen atoms in total. The zero-order chi connectivity index (χ0) is 18.5. The first-order chi connectivity index (χ1) is 11.1. The van der Waals surface area contributed by atoms with Crippen LogP contribution in [0.3, 0.4) is 0 Å². The molecule has 1 aromatic rings. The summed E-state index contributed by atoms with van der Waals surface area (Å²) >= 11 is 0. The van der Waals surface area contributed by atoms with Crippen molar-refractivity contribution in [3.05, 3.63) is 23.8 Å². The molecule has 3 N–H and O–H groups in total. The topological polar surface area (TPSA) is 125 Å². The van der Waals surface area contributed by atoms with E-state index < -0.39 is 28.5 Å². The number of sulfonamides is 1. The van der Waals surface area contributed by atoms with Crippen molar-refractivity contribution in [3.8, 4) is 5.75 Å². The van der Waals surface area contributed by atoms with Gasteiger partial charge in [-0.25, -0.2) is 18.4 Å². The SMILES string of the molecule is COc1ccc(S(N)(=O)=O)cc1C(=O)OCC(=O)N[C@@H](C)C(C)C. The predicted molar refractivity (Wildman–Crippen MR) is 87.1 cm³/mol. The summed E-state index contributed by atoms with van der Waals surface area (Å²) < 4.78 is 32.7. The van der Waals surface area contributed by atoms with E-state index in [2.05, 4.69) is 5.32 Å². The van der Waals surface area contributed by atoms with Crippen LogP contribution in [0, 0.1) is 5.92 Å². The van der Waals surface area contributed by atoms with E-state index in [1.165, 1.54) is 19.2 Å². The summed E-state index contributed by atoms with van der Waals surface area (Å²) in [5.41, 5.74) is -0.131. The number of amides is 1. The lowest BCUT2D eigenvalue weighted by molar-refractivity contribution is -0.125. The number of primary sulfonamides is 1. The minimum absolute atomic E-state index is 0.0727. The highest BCUT2D eigenvalue weighted by Crippen LogP contribution is 2.22. The third-order valence-corrected chi connectivity index (χ3v) is 4.35. The monoisotopic (exact) mass is 358 g/mol. The molecule has 0 fully saturated rings. The van der Waals surface area contributed by atoms with Crippen molar-refractivity contribution in [2.75, 3.05) is 13.7 Å². The lowest BCUT2D eigenvalue weighted by Crippen LogP contribution is -2.38. The molecule has 0 radical (unpaired) electrons. The molecular formula is C15H22N2O6S. The lowest BCUT2D eigenvalue weighted by Gasteiger charge is -2.17. The van der Waals surface area contributed by atoms with Crippen LogP contribution in [-0.4, -0.2) is 40.1 Å². The predicted octanol–water partition coefficient (Wildman–Crippen LogP) is 0.660. The number of methoxy groups -OCH3 is 1. The second-order valence-corrected chi connectivity index (χ2v) is 7.14. The zero-order valence-corrected chi connectivity index (χ0v) is 14.8. The average Bonchev–Trinajstić information content (AvgIpc) is 2.50. The molecule has 1 amide bonds. The quantitative estimate of drug-likeness (QED) is 0.690. The molecular weight excluding hydrogens is 336 g/mol. The molecule has 0 aliphatic carbocycles. The molecule has 134 valence electrons. The highest BCUT2D eigenvalue weighted by Gasteiger charge is 2.20. The van der Waals surface area contributed by atoms with Gasteiger partial charge in [0.2, 0.25) is 10.0 Å². The Morgan fingerprint density at radius 3 is 2.38 bits per heavy atom. The number of carbonyl (C=O) groups excluding carboxylic acids is 2. The number of carbonyl (C=O) groups is 2. The van der Waals surface area contributed by atoms with Crippen molar-refractivity contribution < 1.29 is 27.5 Å². The van der Waals surface area contributed by atoms with Gasteiger partial charge in [-0.2, -0.15) is 0 Å². The van der Waals surface area contributed by atoms with Gasteiger partial charge in [0.05, 0.1) is 12.0 Å². The van der Waals surface area contributed by atoms with Crippen molar-refractivity contribution in [1.29, 1.82) is 0 Å². The van der Waals surface area contributed by atoms with Crippen molar-refractivity contribution in [1.82, 2.24) is 5.32 Å². The molecule has 9 heteroatoms. The van der Waals surface area contributed by atoms with E-state index in [-0.39, 0.29) is 28.2 Å². The highest BCUT2D eigenvalue weighted by molar-refractivity contribution is 7.89. The molecule has 0 aliphatic rings. The molecule has 24 heavy (non-hydrogen) atoms. The second-order valence-electron chi connectivity index (χ2n) is 5.58. The Bertz CT molecular complexity index is 715. The van der Waals surface area contributed by atoms with Crippen LogP contribution in [0.1, 0.15) is 31.1 Å². The third-order valence-electron chi connectivity index (χ3n) is 3.44. The molecule has 1 rings (SSSR count). The van der Waals surface area contributed by atoms with Gasteiger partial charge >= 0.3 is 5.97 Å². The van der Waals surface area contributed by atoms with Crippen molar-refractivity contribution in [2.24, 2.45) is 11.1 Å². The number of hydrogen-bond donors (Lipinski definition) is 2. The molecule has 0 aromatic heterocycles. The average molecular weight is 358 g/mol. The van der Waals surface area contributed by atoms with Crippen LogP contribution >= 0.6 is 0 Å². The summed E-state index contributed by atoms with van der Waals surface area (Å²) in [6.45, 7) is 5.24. The summed E-state index contributed by atoms with van der Waals surface area (Å²) in [6.07, 6.45) is 0. The van der Waals surface area contributed by atoms with E-state index in [0.29, 0.717) is 0 Å². The van der Waals surface area contributed by atoms with E-state index in [0.717, 1.165) is 6.07 Å². The van der Waals surface area contributed by atoms with Crippen molar-refractivity contribution >= 4 is 21.9 Å². The van der Waals surface area contributed by atoms with Gasteiger partial charge in [-0.05, 0) is 31.0 Å². The lowest BCUT2D eigenvalue weighted by atomic mass is 10.1. The molecule has 1 aromatic carbocycles. The maximum atomic E-state index is 12.1. The maximum Gasteiger partial charge on any atom is 0.342 e. The van der Waals surface area contributed by atoms with Crippen LogP contribution in [0.15, 0.2) is 23.1 Å². The molecule has 1 atom stereocenters. The fraction of sp³-hybridized carbons (Fsp3) is 0.467. The first-order valence-electron chi connectivity index (χ1n) is 7.23. The van der Waals surface area contributed by atoms with Gasteiger partial charge in [0.15, 0.2) is 6.61 Å². The smallest absolute Gasteiger partial charge is 0.342 e. The number of hydrogen-bond acceptors (Lipinski definition) is 6. The summed E-state index contributed by atoms with van der Waals surface area (Å²) in [4.78, 5) is 23.6. The fourth-order valence-corrected chi connectivity index (χ4v) is 2.23. The molecule has 0 bridgehead atoms. The number of ether oxygens (including phenoxy) is 2. The molecule has 0 saturated carbocycles. The number of esters is 1. The summed E-state index contributed by atoms with van der Waals surface area (Å²) in [7, 11) is -2.66. The van der Waals surface area contributed by atoms with Crippen LogP contribution in [-0.2, 0) is 19.6 Å². The van der Waals surface area contributed by atoms with Gasteiger partial charge in [-0.3, -0.25) is 4.79 Å². The minimum atomic E-state index is -3.98. The molecule has 0 aliphatic heterocycles. The van der Waals surface area contributed by atoms with Gasteiger partial charge in [0.25, 0.3) is 5.91 Å². The Kier molecular flexibility index (Phi) is 6.73. The Morgan fingerprint density at radius 2 is 1.88 bits per heavy atom. The fourth-order valence-electron chi connectivity index (χ4n) is 1.69. The Balaban J connectivity index is 2.85. The zero-order valence-electron chi connectivity index (χ0n) is 14.0.